The van der Waals surface area contributed by atoms with Crippen LogP contribution in [0.4, 0.5) is 16.0 Å². The van der Waals surface area contributed by atoms with Crippen molar-refractivity contribution >= 4 is 26.8 Å². The van der Waals surface area contributed by atoms with E-state index in [0.717, 1.165) is 43.1 Å². The monoisotopic (exact) mass is 437 g/mol. The summed E-state index contributed by atoms with van der Waals surface area (Å²) in [6, 6.07) is 16.3. The van der Waals surface area contributed by atoms with Crippen molar-refractivity contribution in [2.75, 3.05) is 31.5 Å². The maximum atomic E-state index is 14.0. The minimum atomic E-state index is -1.46. The highest BCUT2D eigenvalue weighted by atomic mass is 31.0. The second-order valence-corrected chi connectivity index (χ2v) is 8.75. The summed E-state index contributed by atoms with van der Waals surface area (Å²) in [5, 5.41) is 4.96. The van der Waals surface area contributed by atoms with Crippen LogP contribution < -0.4 is 10.6 Å². The van der Waals surface area contributed by atoms with Crippen LogP contribution in [0.1, 0.15) is 22.8 Å². The number of carbonyl (C=O) groups excluding carboxylic acids is 1. The molecule has 2 N–H and O–H groups in total. The van der Waals surface area contributed by atoms with Crippen molar-refractivity contribution < 1.29 is 9.18 Å². The smallest absolute Gasteiger partial charge is 0.253 e. The van der Waals surface area contributed by atoms with Gasteiger partial charge in [-0.1, -0.05) is 33.5 Å². The number of hydrogen-bond donors (Lipinski definition) is 2. The molecule has 1 aliphatic heterocycles. The lowest BCUT2D eigenvalue weighted by atomic mass is 10.1. The fourth-order valence-electron chi connectivity index (χ4n) is 3.42. The molecule has 1 aliphatic rings. The summed E-state index contributed by atoms with van der Waals surface area (Å²) in [4.78, 5) is 23.3. The Hall–Kier alpha value is -2.89. The maximum absolute atomic E-state index is 14.0. The molecule has 0 spiro atoms. The molecule has 0 aliphatic carbocycles. The van der Waals surface area contributed by atoms with Crippen molar-refractivity contribution in [1.82, 2.24) is 20.2 Å². The number of carbonyl (C=O) groups is 1. The number of hydrogen-bond acceptors (Lipinski definition) is 5. The predicted octanol–water partition coefficient (Wildman–Crippen LogP) is 3.95. The number of aromatic nitrogens is 2. The molecule has 1 amide bonds. The molecule has 3 aromatic rings. The molecule has 160 valence electrons. The van der Waals surface area contributed by atoms with E-state index in [1.54, 1.807) is 18.3 Å². The molecule has 1 fully saturated rings. The topological polar surface area (TPSA) is 70.2 Å². The molecule has 0 saturated carbocycles. The first kappa shape index (κ1) is 21.3. The lowest BCUT2D eigenvalue weighted by molar-refractivity contribution is 0.0736. The average molecular weight is 437 g/mol. The van der Waals surface area contributed by atoms with E-state index in [4.69, 9.17) is 0 Å². The van der Waals surface area contributed by atoms with Crippen LogP contribution in [0.3, 0.4) is 0 Å². The number of benzene rings is 2. The Kier molecular flexibility index (Phi) is 6.25. The van der Waals surface area contributed by atoms with Gasteiger partial charge in [-0.25, -0.2) is 14.4 Å². The van der Waals surface area contributed by atoms with Gasteiger partial charge in [0.25, 0.3) is 5.91 Å². The minimum absolute atomic E-state index is 0.0459. The minimum Gasteiger partial charge on any atom is -0.336 e. The maximum Gasteiger partial charge on any atom is 0.253 e. The van der Waals surface area contributed by atoms with E-state index in [0.29, 0.717) is 17.1 Å². The number of amides is 1. The van der Waals surface area contributed by atoms with Gasteiger partial charge in [-0.15, -0.1) is 0 Å². The van der Waals surface area contributed by atoms with Gasteiger partial charge >= 0.3 is 0 Å². The van der Waals surface area contributed by atoms with Crippen LogP contribution in [0.5, 0.6) is 0 Å². The Morgan fingerprint density at radius 1 is 1.10 bits per heavy atom. The van der Waals surface area contributed by atoms with E-state index in [9.17, 15) is 9.18 Å². The van der Waals surface area contributed by atoms with Gasteiger partial charge in [-0.3, -0.25) is 4.79 Å². The first-order valence-corrected chi connectivity index (χ1v) is 10.8. The number of piperazine rings is 1. The van der Waals surface area contributed by atoms with Crippen molar-refractivity contribution in [3.63, 3.8) is 0 Å². The molecule has 6 nitrogen and oxygen atoms in total. The SMILES string of the molecule is CC(F)(P)c1ccc(-c2ccnc(Nc3ccc(C(=O)N4CCNCC4)cc3)n2)cc1. The number of nitrogens with zero attached hydrogens (tertiary/aromatic N) is 3. The van der Waals surface area contributed by atoms with Crippen molar-refractivity contribution in [3.8, 4) is 11.3 Å². The summed E-state index contributed by atoms with van der Waals surface area (Å²) < 4.78 is 14.0. The first-order chi connectivity index (χ1) is 14.9. The van der Waals surface area contributed by atoms with Gasteiger partial charge < -0.3 is 15.5 Å². The standard InChI is InChI=1S/C23H25FN5OP/c1-23(24,31)18-6-2-16(3-7-18)20-10-11-26-22(28-20)27-19-8-4-17(5-9-19)21(30)29-14-12-25-13-15-29/h2-11,25H,12-15,31H2,1H3,(H,26,27,28). The molecule has 2 atom stereocenters. The number of anilines is 2. The molecule has 4 rings (SSSR count). The fourth-order valence-corrected chi connectivity index (χ4v) is 3.61. The van der Waals surface area contributed by atoms with E-state index < -0.39 is 5.41 Å². The quantitative estimate of drug-likeness (QED) is 0.592. The Morgan fingerprint density at radius 3 is 2.42 bits per heavy atom. The van der Waals surface area contributed by atoms with Gasteiger partial charge in [-0.05, 0) is 42.8 Å². The third-order valence-corrected chi connectivity index (χ3v) is 5.53. The highest BCUT2D eigenvalue weighted by Gasteiger charge is 2.19. The van der Waals surface area contributed by atoms with Gasteiger partial charge in [0, 0.05) is 49.2 Å². The van der Waals surface area contributed by atoms with Gasteiger partial charge in [0.1, 0.15) is 5.41 Å². The Balaban J connectivity index is 1.46. The summed E-state index contributed by atoms with van der Waals surface area (Å²) in [6.45, 7) is 4.60. The Labute approximate surface area is 183 Å². The second kappa shape index (κ2) is 9.08. The largest absolute Gasteiger partial charge is 0.336 e. The van der Waals surface area contributed by atoms with Crippen LogP contribution in [0.15, 0.2) is 60.8 Å². The van der Waals surface area contributed by atoms with Gasteiger partial charge in [-0.2, -0.15) is 0 Å². The normalized spacial score (nSPS) is 15.9. The fraction of sp³-hybridized carbons (Fsp3) is 0.261. The molecule has 31 heavy (non-hydrogen) atoms. The lowest BCUT2D eigenvalue weighted by Gasteiger charge is -2.27. The molecule has 1 saturated heterocycles. The molecule has 2 heterocycles. The van der Waals surface area contributed by atoms with Crippen LogP contribution in [-0.4, -0.2) is 47.0 Å². The van der Waals surface area contributed by atoms with E-state index >= 15 is 0 Å². The van der Waals surface area contributed by atoms with E-state index in [1.807, 2.05) is 47.4 Å². The number of halogens is 1. The van der Waals surface area contributed by atoms with Crippen LogP contribution in [-0.2, 0) is 5.41 Å². The van der Waals surface area contributed by atoms with Crippen LogP contribution in [0.2, 0.25) is 0 Å². The summed E-state index contributed by atoms with van der Waals surface area (Å²) >= 11 is 0. The second-order valence-electron chi connectivity index (χ2n) is 7.66. The number of alkyl halides is 1. The summed E-state index contributed by atoms with van der Waals surface area (Å²) in [5.41, 5.74) is 3.65. The van der Waals surface area contributed by atoms with Crippen LogP contribution in [0, 0.1) is 0 Å². The van der Waals surface area contributed by atoms with Crippen LogP contribution >= 0.6 is 9.24 Å². The van der Waals surface area contributed by atoms with Crippen LogP contribution in [0.25, 0.3) is 11.3 Å². The van der Waals surface area contributed by atoms with E-state index in [2.05, 4.69) is 29.8 Å². The van der Waals surface area contributed by atoms with Crippen molar-refractivity contribution in [3.05, 3.63) is 71.9 Å². The average Bonchev–Trinajstić information content (AvgIpc) is 2.79. The Bertz CT molecular complexity index is 1040. The zero-order valence-electron chi connectivity index (χ0n) is 17.3. The molecular weight excluding hydrogens is 412 g/mol. The molecule has 2 unspecified atom stereocenters. The number of rotatable bonds is 5. The highest BCUT2D eigenvalue weighted by Crippen LogP contribution is 2.33. The summed E-state index contributed by atoms with van der Waals surface area (Å²) in [5.74, 6) is 0.494. The Morgan fingerprint density at radius 2 is 1.77 bits per heavy atom. The summed E-state index contributed by atoms with van der Waals surface area (Å²) in [7, 11) is 2.20. The molecule has 0 bridgehead atoms. The van der Waals surface area contributed by atoms with E-state index in [-0.39, 0.29) is 5.91 Å². The summed E-state index contributed by atoms with van der Waals surface area (Å²) in [6.07, 6.45) is 1.68. The highest BCUT2D eigenvalue weighted by molar-refractivity contribution is 7.18. The zero-order valence-corrected chi connectivity index (χ0v) is 18.5. The third-order valence-electron chi connectivity index (χ3n) is 5.19. The molecule has 8 heteroatoms. The van der Waals surface area contributed by atoms with Crippen molar-refractivity contribution in [2.24, 2.45) is 0 Å². The predicted molar refractivity (Wildman–Crippen MR) is 124 cm³/mol. The zero-order chi connectivity index (χ0) is 21.8. The molecule has 2 aromatic carbocycles. The van der Waals surface area contributed by atoms with Crippen molar-refractivity contribution in [1.29, 1.82) is 0 Å². The molecule has 1 aromatic heterocycles. The van der Waals surface area contributed by atoms with E-state index in [1.165, 1.54) is 6.92 Å². The third kappa shape index (κ3) is 5.24. The van der Waals surface area contributed by atoms with Gasteiger partial charge in [0.15, 0.2) is 0 Å². The lowest BCUT2D eigenvalue weighted by Crippen LogP contribution is -2.46. The van der Waals surface area contributed by atoms with Crippen molar-refractivity contribution in [2.45, 2.75) is 12.3 Å². The van der Waals surface area contributed by atoms with Gasteiger partial charge in [0.2, 0.25) is 5.95 Å². The molecular formula is C23H25FN5OP. The first-order valence-electron chi connectivity index (χ1n) is 10.2. The molecule has 0 radical (unpaired) electrons. The van der Waals surface area contributed by atoms with Gasteiger partial charge in [0.05, 0.1) is 5.69 Å². The number of nitrogens with one attached hydrogen (secondary N) is 2.